The number of thiophene rings is 1. The number of nitrogens with zero attached hydrogens (tertiary/aromatic N) is 4. The number of amidine groups is 1. The second-order valence-electron chi connectivity index (χ2n) is 5.72. The summed E-state index contributed by atoms with van der Waals surface area (Å²) in [5.41, 5.74) is 0.454. The Balaban J connectivity index is 2.32. The zero-order valence-electron chi connectivity index (χ0n) is 15.7. The molecule has 2 heterocycles. The summed E-state index contributed by atoms with van der Waals surface area (Å²) in [5.74, 6) is 0.507. The van der Waals surface area contributed by atoms with Crippen LogP contribution >= 0.6 is 27.3 Å². The van der Waals surface area contributed by atoms with E-state index in [1.165, 1.54) is 18.5 Å². The van der Waals surface area contributed by atoms with Crippen LogP contribution in [-0.4, -0.2) is 36.1 Å². The van der Waals surface area contributed by atoms with Crippen LogP contribution in [0.2, 0.25) is 0 Å². The predicted molar refractivity (Wildman–Crippen MR) is 116 cm³/mol. The fraction of sp³-hybridized carbons (Fsp3) is 0.211. The Kier molecular flexibility index (Phi) is 8.15. The van der Waals surface area contributed by atoms with Crippen molar-refractivity contribution in [2.45, 2.75) is 12.7 Å². The fourth-order valence-electron chi connectivity index (χ4n) is 2.14. The van der Waals surface area contributed by atoms with Crippen molar-refractivity contribution in [3.63, 3.8) is 0 Å². The number of nitrogens with one attached hydrogen (secondary N) is 1. The lowest BCUT2D eigenvalue weighted by Gasteiger charge is -2.15. The first-order chi connectivity index (χ1) is 13.7. The molecule has 0 aliphatic rings. The SMILES string of the molecule is C=C(Br)/C=N\N(C)C(C=C(NC)c1cccs1)=NCc1ccc(C(F)(F)F)nc1. The number of rotatable bonds is 7. The summed E-state index contributed by atoms with van der Waals surface area (Å²) in [4.78, 5) is 8.99. The van der Waals surface area contributed by atoms with Gasteiger partial charge in [0.05, 0.1) is 23.3 Å². The van der Waals surface area contributed by atoms with Crippen molar-refractivity contribution in [1.82, 2.24) is 15.3 Å². The third-order valence-corrected chi connectivity index (χ3v) is 4.68. The third kappa shape index (κ3) is 7.13. The first kappa shape index (κ1) is 22.8. The van der Waals surface area contributed by atoms with Crippen LogP contribution in [0.5, 0.6) is 0 Å². The number of allylic oxidation sites excluding steroid dienone is 1. The van der Waals surface area contributed by atoms with Gasteiger partial charge in [0.1, 0.15) is 11.5 Å². The topological polar surface area (TPSA) is 52.9 Å². The van der Waals surface area contributed by atoms with Crippen LogP contribution in [0.1, 0.15) is 16.1 Å². The molecule has 5 nitrogen and oxygen atoms in total. The highest BCUT2D eigenvalue weighted by Crippen LogP contribution is 2.27. The molecule has 154 valence electrons. The van der Waals surface area contributed by atoms with Gasteiger partial charge in [0.2, 0.25) is 0 Å². The number of aliphatic imine (C=N–C) groups is 1. The van der Waals surface area contributed by atoms with E-state index in [0.29, 0.717) is 15.9 Å². The van der Waals surface area contributed by atoms with E-state index in [0.717, 1.165) is 16.6 Å². The molecule has 0 unspecified atom stereocenters. The Labute approximate surface area is 179 Å². The van der Waals surface area contributed by atoms with E-state index in [2.05, 4.69) is 42.9 Å². The number of hydrazone groups is 1. The van der Waals surface area contributed by atoms with Gasteiger partial charge in [-0.1, -0.05) is 18.7 Å². The number of hydrogen-bond acceptors (Lipinski definition) is 5. The lowest BCUT2D eigenvalue weighted by Crippen LogP contribution is -2.21. The normalized spacial score (nSPS) is 13.0. The molecular weight excluding hydrogens is 467 g/mol. The molecule has 2 rings (SSSR count). The summed E-state index contributed by atoms with van der Waals surface area (Å²) in [6, 6.07) is 6.21. The molecular formula is C19H19BrF3N5S. The minimum Gasteiger partial charge on any atom is -0.387 e. The van der Waals surface area contributed by atoms with Crippen molar-refractivity contribution >= 4 is 45.0 Å². The zero-order chi connectivity index (χ0) is 21.4. The minimum atomic E-state index is -4.47. The summed E-state index contributed by atoms with van der Waals surface area (Å²) in [6.45, 7) is 3.85. The Hall–Kier alpha value is -2.46. The fourth-order valence-corrected chi connectivity index (χ4v) is 2.98. The minimum absolute atomic E-state index is 0.146. The standard InChI is InChI=1S/C19H19BrF3N5S/c1-13(20)10-27-28(3)18(9-15(24-2)16-5-4-8-29-16)26-12-14-6-7-17(25-11-14)19(21,22)23/h4-11,24H,1,12H2,2-3H3/b15-9?,26-18?,27-10-. The van der Waals surface area contributed by atoms with Crippen molar-refractivity contribution in [3.8, 4) is 0 Å². The molecule has 0 aromatic carbocycles. The Morgan fingerprint density at radius 3 is 2.66 bits per heavy atom. The van der Waals surface area contributed by atoms with E-state index in [1.807, 2.05) is 23.6 Å². The van der Waals surface area contributed by atoms with Crippen LogP contribution in [0.15, 0.2) is 63.1 Å². The lowest BCUT2D eigenvalue weighted by atomic mass is 10.2. The van der Waals surface area contributed by atoms with E-state index < -0.39 is 11.9 Å². The van der Waals surface area contributed by atoms with E-state index >= 15 is 0 Å². The summed E-state index contributed by atoms with van der Waals surface area (Å²) in [7, 11) is 3.51. The van der Waals surface area contributed by atoms with Crippen molar-refractivity contribution in [2.75, 3.05) is 14.1 Å². The molecule has 2 aromatic rings. The maximum atomic E-state index is 12.7. The number of likely N-dealkylation sites (N-methyl/N-ethyl adjacent to an activating group) is 1. The van der Waals surface area contributed by atoms with Crippen LogP contribution in [-0.2, 0) is 12.7 Å². The van der Waals surface area contributed by atoms with Gasteiger partial charge in [-0.2, -0.15) is 18.3 Å². The van der Waals surface area contributed by atoms with Gasteiger partial charge in [-0.25, -0.2) is 0 Å². The molecule has 0 aliphatic heterocycles. The van der Waals surface area contributed by atoms with Gasteiger partial charge in [-0.05, 0) is 39.0 Å². The summed E-state index contributed by atoms with van der Waals surface area (Å²) < 4.78 is 38.6. The molecule has 0 spiro atoms. The summed E-state index contributed by atoms with van der Waals surface area (Å²) in [6.07, 6.45) is 0.0471. The number of hydrogen-bond donors (Lipinski definition) is 1. The lowest BCUT2D eigenvalue weighted by molar-refractivity contribution is -0.141. The first-order valence-corrected chi connectivity index (χ1v) is 10.00. The van der Waals surface area contributed by atoms with Crippen LogP contribution in [0.25, 0.3) is 5.70 Å². The molecule has 0 atom stereocenters. The predicted octanol–water partition coefficient (Wildman–Crippen LogP) is 5.15. The van der Waals surface area contributed by atoms with Gasteiger partial charge in [0.25, 0.3) is 0 Å². The van der Waals surface area contributed by atoms with E-state index in [4.69, 9.17) is 0 Å². The molecule has 1 N–H and O–H groups in total. The average Bonchev–Trinajstić information content (AvgIpc) is 3.20. The largest absolute Gasteiger partial charge is 0.433 e. The molecule has 0 radical (unpaired) electrons. The van der Waals surface area contributed by atoms with Crippen LogP contribution < -0.4 is 5.32 Å². The first-order valence-electron chi connectivity index (χ1n) is 8.32. The molecule has 29 heavy (non-hydrogen) atoms. The Morgan fingerprint density at radius 1 is 1.38 bits per heavy atom. The Bertz CT molecular complexity index is 903. The number of alkyl halides is 3. The second-order valence-corrected chi connectivity index (χ2v) is 7.69. The molecule has 0 saturated carbocycles. The smallest absolute Gasteiger partial charge is 0.387 e. The average molecular weight is 486 g/mol. The van der Waals surface area contributed by atoms with Crippen molar-refractivity contribution in [2.24, 2.45) is 10.1 Å². The van der Waals surface area contributed by atoms with Gasteiger partial charge in [-0.15, -0.1) is 11.3 Å². The van der Waals surface area contributed by atoms with E-state index in [9.17, 15) is 13.2 Å². The van der Waals surface area contributed by atoms with E-state index in [-0.39, 0.29) is 6.54 Å². The molecule has 2 aromatic heterocycles. The molecule has 0 amide bonds. The third-order valence-electron chi connectivity index (χ3n) is 3.57. The zero-order valence-corrected chi connectivity index (χ0v) is 18.1. The number of halogens is 4. The molecule has 0 saturated heterocycles. The quantitative estimate of drug-likeness (QED) is 0.335. The van der Waals surface area contributed by atoms with Gasteiger partial charge < -0.3 is 5.32 Å². The maximum absolute atomic E-state index is 12.7. The maximum Gasteiger partial charge on any atom is 0.433 e. The van der Waals surface area contributed by atoms with Crippen molar-refractivity contribution in [3.05, 3.63) is 69.1 Å². The van der Waals surface area contributed by atoms with Crippen molar-refractivity contribution in [1.29, 1.82) is 0 Å². The van der Waals surface area contributed by atoms with Crippen LogP contribution in [0, 0.1) is 0 Å². The van der Waals surface area contributed by atoms with Gasteiger partial charge in [0, 0.05) is 30.9 Å². The van der Waals surface area contributed by atoms with Gasteiger partial charge >= 0.3 is 6.18 Å². The Morgan fingerprint density at radius 2 is 2.14 bits per heavy atom. The summed E-state index contributed by atoms with van der Waals surface area (Å²) >= 11 is 4.77. The highest BCUT2D eigenvalue weighted by molar-refractivity contribution is 9.12. The second kappa shape index (κ2) is 10.4. The van der Waals surface area contributed by atoms with Crippen LogP contribution in [0.3, 0.4) is 0 Å². The molecule has 0 bridgehead atoms. The highest BCUT2D eigenvalue weighted by atomic mass is 79.9. The molecule has 0 fully saturated rings. The van der Waals surface area contributed by atoms with Crippen molar-refractivity contribution < 1.29 is 13.2 Å². The van der Waals surface area contributed by atoms with E-state index in [1.54, 1.807) is 30.4 Å². The van der Waals surface area contributed by atoms with Gasteiger partial charge in [0.15, 0.2) is 0 Å². The monoisotopic (exact) mass is 485 g/mol. The van der Waals surface area contributed by atoms with Gasteiger partial charge in [-0.3, -0.25) is 15.0 Å². The summed E-state index contributed by atoms with van der Waals surface area (Å²) in [5, 5.41) is 10.9. The molecule has 10 heteroatoms. The number of pyridine rings is 1. The number of aromatic nitrogens is 1. The molecule has 0 aliphatic carbocycles. The van der Waals surface area contributed by atoms with Crippen LogP contribution in [0.4, 0.5) is 13.2 Å². The highest BCUT2D eigenvalue weighted by Gasteiger charge is 2.31.